The average molecular weight is 205 g/mol. The minimum absolute atomic E-state index is 0. The molecule has 68 valence electrons. The number of aliphatic carboxylic acids is 1. The van der Waals surface area contributed by atoms with Crippen LogP contribution in [0.15, 0.2) is 12.7 Å². The minimum Gasteiger partial charge on any atom is -0.480 e. The second-order valence-corrected chi connectivity index (χ2v) is 3.55. The van der Waals surface area contributed by atoms with E-state index in [1.807, 2.05) is 0 Å². The van der Waals surface area contributed by atoms with E-state index in [0.29, 0.717) is 5.75 Å². The fraction of sp³-hybridized carbons (Fsp3) is 0.500. The van der Waals surface area contributed by atoms with Gasteiger partial charge in [0.1, 0.15) is 6.04 Å². The average Bonchev–Trinajstić information content (AvgIpc) is 1.87. The van der Waals surface area contributed by atoms with Crippen LogP contribution in [0.4, 0.5) is 0 Å². The van der Waals surface area contributed by atoms with Gasteiger partial charge in [0, 0.05) is 33.3 Å². The number of hydrogen-bond donors (Lipinski definition) is 2. The second-order valence-electron chi connectivity index (χ2n) is 2.01. The summed E-state index contributed by atoms with van der Waals surface area (Å²) in [5, 5.41) is 8.31. The molecule has 0 amide bonds. The first-order valence-corrected chi connectivity index (χ1v) is 4.51. The van der Waals surface area contributed by atoms with Gasteiger partial charge in [-0.05, 0) is 0 Å². The number of rotatable bonds is 5. The molecule has 4 radical (unpaired) electrons. The van der Waals surface area contributed by atoms with Crippen molar-refractivity contribution in [2.75, 3.05) is 11.5 Å². The predicted octanol–water partition coefficient (Wildman–Crippen LogP) is -1.05. The summed E-state index contributed by atoms with van der Waals surface area (Å²) in [4.78, 5) is 10.2. The van der Waals surface area contributed by atoms with Crippen molar-refractivity contribution in [1.82, 2.24) is 0 Å². The molecule has 1 unspecified atom stereocenters. The SMILES string of the molecule is C=CCS(=O)C[C@H](N)C(=O)O.[Si]. The number of hydrogen-bond acceptors (Lipinski definition) is 3. The lowest BCUT2D eigenvalue weighted by molar-refractivity contribution is -0.137. The Morgan fingerprint density at radius 2 is 2.25 bits per heavy atom. The molecule has 0 aliphatic carbocycles. The first-order valence-electron chi connectivity index (χ1n) is 3.02. The zero-order chi connectivity index (χ0) is 8.85. The van der Waals surface area contributed by atoms with E-state index < -0.39 is 22.8 Å². The van der Waals surface area contributed by atoms with E-state index in [-0.39, 0.29) is 16.7 Å². The monoisotopic (exact) mass is 205 g/mol. The van der Waals surface area contributed by atoms with Crippen LogP contribution >= 0.6 is 0 Å². The molecule has 0 spiro atoms. The van der Waals surface area contributed by atoms with Gasteiger partial charge in [0.05, 0.1) is 0 Å². The third-order valence-corrected chi connectivity index (χ3v) is 2.32. The third kappa shape index (κ3) is 6.26. The highest BCUT2D eigenvalue weighted by atomic mass is 32.2. The van der Waals surface area contributed by atoms with Crippen molar-refractivity contribution >= 4 is 27.7 Å². The lowest BCUT2D eigenvalue weighted by atomic mass is 10.4. The Bertz CT molecular complexity index is 186. The number of carboxylic acids is 1. The quantitative estimate of drug-likeness (QED) is 0.443. The molecule has 0 saturated carbocycles. The Morgan fingerprint density at radius 1 is 1.75 bits per heavy atom. The lowest BCUT2D eigenvalue weighted by Gasteiger charge is -2.03. The first-order chi connectivity index (χ1) is 5.07. The van der Waals surface area contributed by atoms with Gasteiger partial charge in [-0.1, -0.05) is 6.08 Å². The zero-order valence-electron chi connectivity index (χ0n) is 6.53. The molecule has 0 aliphatic rings. The highest BCUT2D eigenvalue weighted by molar-refractivity contribution is 7.85. The smallest absolute Gasteiger partial charge is 0.321 e. The summed E-state index contributed by atoms with van der Waals surface area (Å²) < 4.78 is 10.9. The van der Waals surface area contributed by atoms with E-state index in [2.05, 4.69) is 6.58 Å². The van der Waals surface area contributed by atoms with E-state index in [1.54, 1.807) is 0 Å². The molecular formula is C6H11NO3SSi. The number of nitrogens with two attached hydrogens (primary N) is 1. The van der Waals surface area contributed by atoms with Crippen LogP contribution in [0, 0.1) is 0 Å². The molecule has 0 aliphatic heterocycles. The maximum Gasteiger partial charge on any atom is 0.321 e. The summed E-state index contributed by atoms with van der Waals surface area (Å²) in [7, 11) is -1.19. The van der Waals surface area contributed by atoms with Gasteiger partial charge in [0.25, 0.3) is 0 Å². The summed E-state index contributed by atoms with van der Waals surface area (Å²) in [6.45, 7) is 3.37. The van der Waals surface area contributed by atoms with Crippen molar-refractivity contribution in [3.05, 3.63) is 12.7 Å². The van der Waals surface area contributed by atoms with Gasteiger partial charge < -0.3 is 10.8 Å². The summed E-state index contributed by atoms with van der Waals surface area (Å²) in [5.41, 5.74) is 5.12. The molecule has 0 aromatic carbocycles. The van der Waals surface area contributed by atoms with Crippen molar-refractivity contribution in [2.45, 2.75) is 6.04 Å². The van der Waals surface area contributed by atoms with Crippen LogP contribution in [0.3, 0.4) is 0 Å². The first kappa shape index (κ1) is 14.1. The Morgan fingerprint density at radius 3 is 2.58 bits per heavy atom. The highest BCUT2D eigenvalue weighted by Crippen LogP contribution is 1.87. The molecule has 12 heavy (non-hydrogen) atoms. The third-order valence-electron chi connectivity index (χ3n) is 0.986. The topological polar surface area (TPSA) is 80.4 Å². The Balaban J connectivity index is 0. The maximum absolute atomic E-state index is 10.9. The fourth-order valence-electron chi connectivity index (χ4n) is 0.471. The summed E-state index contributed by atoms with van der Waals surface area (Å²) in [6, 6.07) is -1.03. The molecule has 0 aromatic heterocycles. The van der Waals surface area contributed by atoms with E-state index in [4.69, 9.17) is 10.8 Å². The molecule has 0 heterocycles. The van der Waals surface area contributed by atoms with Gasteiger partial charge in [-0.25, -0.2) is 0 Å². The van der Waals surface area contributed by atoms with Crippen molar-refractivity contribution in [1.29, 1.82) is 0 Å². The highest BCUT2D eigenvalue weighted by Gasteiger charge is 2.13. The molecule has 0 rings (SSSR count). The van der Waals surface area contributed by atoms with Crippen molar-refractivity contribution in [3.8, 4) is 0 Å². The van der Waals surface area contributed by atoms with E-state index in [9.17, 15) is 9.00 Å². The lowest BCUT2D eigenvalue weighted by Crippen LogP contribution is -2.35. The molecule has 2 atom stereocenters. The molecule has 4 nitrogen and oxygen atoms in total. The molecule has 0 bridgehead atoms. The van der Waals surface area contributed by atoms with Crippen LogP contribution in [-0.2, 0) is 15.6 Å². The Labute approximate surface area is 78.3 Å². The molecule has 0 aromatic rings. The second kappa shape index (κ2) is 7.20. The van der Waals surface area contributed by atoms with Gasteiger partial charge in [-0.3, -0.25) is 9.00 Å². The standard InChI is InChI=1S/C6H11NO3S.Si/c1-2-3-11(10)4-5(7)6(8)9;/h2,5H,1,3-4,7H2,(H,8,9);/t5-,11?;/m0./s1. The summed E-state index contributed by atoms with van der Waals surface area (Å²) in [5.74, 6) is -0.843. The normalized spacial score (nSPS) is 14.1. The summed E-state index contributed by atoms with van der Waals surface area (Å²) in [6.07, 6.45) is 1.48. The van der Waals surface area contributed by atoms with E-state index in [0.717, 1.165) is 0 Å². The van der Waals surface area contributed by atoms with Crippen LogP contribution in [-0.4, -0.2) is 43.8 Å². The van der Waals surface area contributed by atoms with E-state index >= 15 is 0 Å². The van der Waals surface area contributed by atoms with Gasteiger partial charge in [-0.15, -0.1) is 6.58 Å². The van der Waals surface area contributed by atoms with Crippen LogP contribution < -0.4 is 5.73 Å². The number of carboxylic acid groups (broad SMARTS) is 1. The largest absolute Gasteiger partial charge is 0.480 e. The van der Waals surface area contributed by atoms with Crippen LogP contribution in [0.25, 0.3) is 0 Å². The van der Waals surface area contributed by atoms with Crippen molar-refractivity contribution in [3.63, 3.8) is 0 Å². The summed E-state index contributed by atoms with van der Waals surface area (Å²) >= 11 is 0. The van der Waals surface area contributed by atoms with Gasteiger partial charge in [-0.2, -0.15) is 0 Å². The van der Waals surface area contributed by atoms with Gasteiger partial charge in [0.2, 0.25) is 0 Å². The van der Waals surface area contributed by atoms with Gasteiger partial charge >= 0.3 is 5.97 Å². The maximum atomic E-state index is 10.9. The van der Waals surface area contributed by atoms with Crippen LogP contribution in [0.1, 0.15) is 0 Å². The van der Waals surface area contributed by atoms with Crippen LogP contribution in [0.5, 0.6) is 0 Å². The Kier molecular flexibility index (Phi) is 8.45. The molecule has 0 saturated heterocycles. The molecule has 3 N–H and O–H groups in total. The molecular weight excluding hydrogens is 194 g/mol. The van der Waals surface area contributed by atoms with E-state index in [1.165, 1.54) is 6.08 Å². The minimum atomic E-state index is -1.19. The van der Waals surface area contributed by atoms with Crippen molar-refractivity contribution in [2.24, 2.45) is 5.73 Å². The van der Waals surface area contributed by atoms with Gasteiger partial charge in [0.15, 0.2) is 0 Å². The Hall–Kier alpha value is -0.463. The fourth-order valence-corrected chi connectivity index (χ4v) is 1.41. The zero-order valence-corrected chi connectivity index (χ0v) is 8.34. The predicted molar refractivity (Wildman–Crippen MR) is 49.4 cm³/mol. The van der Waals surface area contributed by atoms with Crippen molar-refractivity contribution < 1.29 is 14.1 Å². The van der Waals surface area contributed by atoms with Crippen LogP contribution in [0.2, 0.25) is 0 Å². The molecule has 0 fully saturated rings. The molecule has 6 heteroatoms. The number of carbonyl (C=O) groups is 1.